The number of nitrogens with one attached hydrogen (secondary N) is 1. The molecule has 3 unspecified atom stereocenters. The minimum atomic E-state index is -0.247. The van der Waals surface area contributed by atoms with Crippen LogP contribution in [0, 0.1) is 11.7 Å². The molecule has 1 aromatic carbocycles. The van der Waals surface area contributed by atoms with E-state index in [4.69, 9.17) is 0 Å². The van der Waals surface area contributed by atoms with Crippen molar-refractivity contribution >= 4 is 5.78 Å². The molecule has 2 heterocycles. The van der Waals surface area contributed by atoms with E-state index in [0.29, 0.717) is 24.3 Å². The van der Waals surface area contributed by atoms with Crippen LogP contribution in [0.5, 0.6) is 0 Å². The zero-order valence-corrected chi connectivity index (χ0v) is 9.66. The number of hydrogen-bond acceptors (Lipinski definition) is 2. The molecule has 0 saturated carbocycles. The second-order valence-corrected chi connectivity index (χ2v) is 5.16. The van der Waals surface area contributed by atoms with Gasteiger partial charge in [0.2, 0.25) is 0 Å². The predicted molar refractivity (Wildman–Crippen MR) is 63.2 cm³/mol. The second-order valence-electron chi connectivity index (χ2n) is 5.16. The third kappa shape index (κ3) is 2.12. The van der Waals surface area contributed by atoms with Gasteiger partial charge in [0, 0.05) is 24.4 Å². The fourth-order valence-electron chi connectivity index (χ4n) is 3.11. The predicted octanol–water partition coefficient (Wildman–Crippen LogP) is 2.08. The monoisotopic (exact) mass is 233 g/mol. The highest BCUT2D eigenvalue weighted by atomic mass is 19.1. The number of fused-ring (bicyclic) bond motifs is 2. The Hall–Kier alpha value is -1.22. The Morgan fingerprint density at radius 3 is 2.65 bits per heavy atom. The molecule has 0 aliphatic carbocycles. The topological polar surface area (TPSA) is 29.1 Å². The molecule has 2 saturated heterocycles. The lowest BCUT2D eigenvalue weighted by Gasteiger charge is -2.18. The van der Waals surface area contributed by atoms with Gasteiger partial charge in [-0.3, -0.25) is 4.79 Å². The number of ketones is 1. The van der Waals surface area contributed by atoms with Crippen LogP contribution in [0.15, 0.2) is 24.3 Å². The Labute approximate surface area is 100 Å². The normalized spacial score (nSPS) is 30.8. The molecule has 3 rings (SSSR count). The van der Waals surface area contributed by atoms with E-state index in [9.17, 15) is 9.18 Å². The standard InChI is InChI=1S/C14H16FNO/c15-10-3-1-9(2-4-10)7-14(17)12-8-11-5-6-13(12)16-11/h1-4,11-13,16H,5-8H2. The van der Waals surface area contributed by atoms with Crippen molar-refractivity contribution in [3.8, 4) is 0 Å². The smallest absolute Gasteiger partial charge is 0.141 e. The second kappa shape index (κ2) is 4.22. The summed E-state index contributed by atoms with van der Waals surface area (Å²) in [5.74, 6) is 0.234. The molecule has 2 bridgehead atoms. The molecule has 0 aromatic heterocycles. The van der Waals surface area contributed by atoms with Crippen molar-refractivity contribution in [1.29, 1.82) is 0 Å². The van der Waals surface area contributed by atoms with E-state index in [1.165, 1.54) is 18.6 Å². The summed E-state index contributed by atoms with van der Waals surface area (Å²) in [6, 6.07) is 7.19. The lowest BCUT2D eigenvalue weighted by Crippen LogP contribution is -2.29. The molecule has 0 radical (unpaired) electrons. The van der Waals surface area contributed by atoms with E-state index < -0.39 is 0 Å². The van der Waals surface area contributed by atoms with Gasteiger partial charge >= 0.3 is 0 Å². The molecule has 3 heteroatoms. The maximum absolute atomic E-state index is 12.8. The average Bonchev–Trinajstić information content (AvgIpc) is 2.94. The molecule has 0 spiro atoms. The van der Waals surface area contributed by atoms with Crippen molar-refractivity contribution in [3.05, 3.63) is 35.6 Å². The first-order valence-electron chi connectivity index (χ1n) is 6.25. The highest BCUT2D eigenvalue weighted by molar-refractivity contribution is 5.84. The van der Waals surface area contributed by atoms with E-state index in [2.05, 4.69) is 5.32 Å². The first-order valence-corrected chi connectivity index (χ1v) is 6.25. The van der Waals surface area contributed by atoms with Gasteiger partial charge in [-0.05, 0) is 37.0 Å². The molecule has 1 N–H and O–H groups in total. The molecule has 1 aromatic rings. The van der Waals surface area contributed by atoms with Gasteiger partial charge in [0.25, 0.3) is 0 Å². The summed E-state index contributed by atoms with van der Waals surface area (Å²) < 4.78 is 12.8. The van der Waals surface area contributed by atoms with Gasteiger partial charge in [-0.1, -0.05) is 12.1 Å². The van der Waals surface area contributed by atoms with E-state index in [1.54, 1.807) is 12.1 Å². The molecule has 17 heavy (non-hydrogen) atoms. The molecule has 2 aliphatic rings. The molecule has 2 aliphatic heterocycles. The maximum Gasteiger partial charge on any atom is 0.141 e. The van der Waals surface area contributed by atoms with Crippen LogP contribution in [0.1, 0.15) is 24.8 Å². The fraction of sp³-hybridized carbons (Fsp3) is 0.500. The zero-order valence-electron chi connectivity index (χ0n) is 9.66. The summed E-state index contributed by atoms with van der Waals surface area (Å²) in [5, 5.41) is 3.47. The molecular weight excluding hydrogens is 217 g/mol. The molecule has 0 amide bonds. The van der Waals surface area contributed by atoms with Gasteiger partial charge in [0.05, 0.1) is 0 Å². The summed E-state index contributed by atoms with van der Waals surface area (Å²) in [4.78, 5) is 12.2. The molecule has 90 valence electrons. The van der Waals surface area contributed by atoms with Crippen molar-refractivity contribution in [3.63, 3.8) is 0 Å². The number of benzene rings is 1. The van der Waals surface area contributed by atoms with Gasteiger partial charge in [0.15, 0.2) is 0 Å². The van der Waals surface area contributed by atoms with Gasteiger partial charge < -0.3 is 5.32 Å². The quantitative estimate of drug-likeness (QED) is 0.866. The number of carbonyl (C=O) groups is 1. The summed E-state index contributed by atoms with van der Waals surface area (Å²) in [6.45, 7) is 0. The number of carbonyl (C=O) groups excluding carboxylic acids is 1. The summed E-state index contributed by atoms with van der Waals surface area (Å²) >= 11 is 0. The van der Waals surface area contributed by atoms with Crippen LogP contribution >= 0.6 is 0 Å². The van der Waals surface area contributed by atoms with Gasteiger partial charge in [-0.15, -0.1) is 0 Å². The number of rotatable bonds is 3. The van der Waals surface area contributed by atoms with Crippen molar-refractivity contribution < 1.29 is 9.18 Å². The van der Waals surface area contributed by atoms with Gasteiger partial charge in [0.1, 0.15) is 11.6 Å². The highest BCUT2D eigenvalue weighted by Crippen LogP contribution is 2.34. The average molecular weight is 233 g/mol. The molecular formula is C14H16FNO. The Bertz CT molecular complexity index is 428. The van der Waals surface area contributed by atoms with Crippen LogP contribution in [0.25, 0.3) is 0 Å². The number of hydrogen-bond donors (Lipinski definition) is 1. The van der Waals surface area contributed by atoms with Gasteiger partial charge in [-0.2, -0.15) is 0 Å². The Morgan fingerprint density at radius 1 is 1.29 bits per heavy atom. The Balaban J connectivity index is 1.65. The first kappa shape index (κ1) is 10.9. The first-order chi connectivity index (χ1) is 8.22. The van der Waals surface area contributed by atoms with Crippen LogP contribution in [0.4, 0.5) is 4.39 Å². The van der Waals surface area contributed by atoms with Crippen LogP contribution in [-0.2, 0) is 11.2 Å². The summed E-state index contributed by atoms with van der Waals surface area (Å²) in [7, 11) is 0. The van der Waals surface area contributed by atoms with Crippen LogP contribution in [0.2, 0.25) is 0 Å². The molecule has 2 fully saturated rings. The van der Waals surface area contributed by atoms with E-state index >= 15 is 0 Å². The van der Waals surface area contributed by atoms with Crippen LogP contribution in [0.3, 0.4) is 0 Å². The highest BCUT2D eigenvalue weighted by Gasteiger charge is 2.42. The van der Waals surface area contributed by atoms with Crippen molar-refractivity contribution in [2.24, 2.45) is 5.92 Å². The minimum Gasteiger partial charge on any atom is -0.310 e. The van der Waals surface area contributed by atoms with E-state index in [1.807, 2.05) is 0 Å². The van der Waals surface area contributed by atoms with Crippen LogP contribution in [-0.4, -0.2) is 17.9 Å². The summed E-state index contributed by atoms with van der Waals surface area (Å²) in [6.07, 6.45) is 3.77. The third-order valence-corrected chi connectivity index (χ3v) is 4.01. The van der Waals surface area contributed by atoms with Crippen molar-refractivity contribution in [2.75, 3.05) is 0 Å². The van der Waals surface area contributed by atoms with Crippen LogP contribution < -0.4 is 5.32 Å². The largest absolute Gasteiger partial charge is 0.310 e. The fourth-order valence-corrected chi connectivity index (χ4v) is 3.11. The lowest BCUT2D eigenvalue weighted by atomic mass is 9.84. The lowest BCUT2D eigenvalue weighted by molar-refractivity contribution is -0.122. The SMILES string of the molecule is O=C(Cc1ccc(F)cc1)C1CC2CCC1N2. The third-order valence-electron chi connectivity index (χ3n) is 4.01. The van der Waals surface area contributed by atoms with E-state index in [0.717, 1.165) is 18.4 Å². The number of Topliss-reactive ketones (excluding diaryl/α,β-unsaturated/α-hetero) is 1. The van der Waals surface area contributed by atoms with Crippen molar-refractivity contribution in [2.45, 2.75) is 37.8 Å². The number of halogens is 1. The minimum absolute atomic E-state index is 0.179. The van der Waals surface area contributed by atoms with Crippen molar-refractivity contribution in [1.82, 2.24) is 5.32 Å². The summed E-state index contributed by atoms with van der Waals surface area (Å²) in [5.41, 5.74) is 0.916. The Kier molecular flexibility index (Phi) is 2.71. The Morgan fingerprint density at radius 2 is 2.06 bits per heavy atom. The molecule has 3 atom stereocenters. The molecule has 2 nitrogen and oxygen atoms in total. The van der Waals surface area contributed by atoms with E-state index in [-0.39, 0.29) is 11.7 Å². The zero-order chi connectivity index (χ0) is 11.8. The maximum atomic E-state index is 12.8. The van der Waals surface area contributed by atoms with Gasteiger partial charge in [-0.25, -0.2) is 4.39 Å².